The molecule has 0 spiro atoms. The third-order valence-electron chi connectivity index (χ3n) is 6.18. The van der Waals surface area contributed by atoms with E-state index in [0.717, 1.165) is 37.9 Å². The summed E-state index contributed by atoms with van der Waals surface area (Å²) < 4.78 is 29.6. The van der Waals surface area contributed by atoms with E-state index in [4.69, 9.17) is 21.6 Å². The SMILES string of the molecule is CN1CCN(c2nc(NCc3nc4c(F)c(F)ccc4[nH]3)c3ncn(-c4ccc(Cl)nc4)c3n2)CC1. The molecule has 1 aliphatic rings. The molecule has 0 amide bonds. The number of aromatic nitrogens is 7. The summed E-state index contributed by atoms with van der Waals surface area (Å²) in [5, 5.41) is 3.64. The van der Waals surface area contributed by atoms with Gasteiger partial charge in [-0.05, 0) is 31.3 Å². The van der Waals surface area contributed by atoms with Crippen molar-refractivity contribution in [1.29, 1.82) is 0 Å². The topological polar surface area (TPSA) is 104 Å². The van der Waals surface area contributed by atoms with Crippen molar-refractivity contribution in [1.82, 2.24) is 39.4 Å². The molecule has 0 unspecified atom stereocenters. The summed E-state index contributed by atoms with van der Waals surface area (Å²) in [6.45, 7) is 3.55. The van der Waals surface area contributed by atoms with Gasteiger partial charge in [0.05, 0.1) is 23.9 Å². The van der Waals surface area contributed by atoms with Crippen LogP contribution in [0.4, 0.5) is 20.5 Å². The summed E-state index contributed by atoms with van der Waals surface area (Å²) in [5.41, 5.74) is 2.28. The minimum Gasteiger partial charge on any atom is -0.361 e. The van der Waals surface area contributed by atoms with Gasteiger partial charge in [0.2, 0.25) is 5.95 Å². The normalized spacial score (nSPS) is 14.7. The van der Waals surface area contributed by atoms with E-state index in [2.05, 4.69) is 42.1 Å². The number of hydrogen-bond donors (Lipinski definition) is 2. The van der Waals surface area contributed by atoms with Crippen LogP contribution in [0.3, 0.4) is 0 Å². The molecule has 5 heterocycles. The second-order valence-electron chi connectivity index (χ2n) is 8.58. The summed E-state index contributed by atoms with van der Waals surface area (Å²) in [5.74, 6) is -0.415. The minimum atomic E-state index is -0.980. The molecule has 10 nitrogen and oxygen atoms in total. The predicted molar refractivity (Wildman–Crippen MR) is 133 cm³/mol. The quantitative estimate of drug-likeness (QED) is 0.347. The van der Waals surface area contributed by atoms with Gasteiger partial charge in [-0.2, -0.15) is 9.97 Å². The molecule has 1 aromatic carbocycles. The summed E-state index contributed by atoms with van der Waals surface area (Å²) in [6.07, 6.45) is 3.30. The first-order chi connectivity index (χ1) is 17.5. The van der Waals surface area contributed by atoms with Gasteiger partial charge in [0.1, 0.15) is 22.8 Å². The smallest absolute Gasteiger partial charge is 0.229 e. The van der Waals surface area contributed by atoms with Gasteiger partial charge in [0, 0.05) is 26.2 Å². The number of nitrogens with one attached hydrogen (secondary N) is 2. The lowest BCUT2D eigenvalue weighted by Crippen LogP contribution is -2.45. The summed E-state index contributed by atoms with van der Waals surface area (Å²) in [4.78, 5) is 29.9. The van der Waals surface area contributed by atoms with Crippen LogP contribution in [0.1, 0.15) is 5.82 Å². The van der Waals surface area contributed by atoms with Gasteiger partial charge in [-0.1, -0.05) is 11.6 Å². The van der Waals surface area contributed by atoms with Gasteiger partial charge in [0.25, 0.3) is 0 Å². The Morgan fingerprint density at radius 3 is 2.61 bits per heavy atom. The van der Waals surface area contributed by atoms with Gasteiger partial charge >= 0.3 is 0 Å². The zero-order valence-electron chi connectivity index (χ0n) is 19.2. The van der Waals surface area contributed by atoms with Crippen molar-refractivity contribution in [3.05, 3.63) is 59.4 Å². The molecule has 1 fully saturated rings. The number of fused-ring (bicyclic) bond motifs is 2. The van der Waals surface area contributed by atoms with Gasteiger partial charge in [-0.25, -0.2) is 23.7 Å². The van der Waals surface area contributed by atoms with Crippen molar-refractivity contribution in [2.75, 3.05) is 43.4 Å². The average Bonchev–Trinajstić information content (AvgIpc) is 3.50. The molecule has 4 aromatic heterocycles. The highest BCUT2D eigenvalue weighted by Gasteiger charge is 2.21. The fourth-order valence-electron chi connectivity index (χ4n) is 4.18. The molecule has 2 N–H and O–H groups in total. The predicted octanol–water partition coefficient (Wildman–Crippen LogP) is 3.38. The Hall–Kier alpha value is -3.90. The third kappa shape index (κ3) is 4.07. The van der Waals surface area contributed by atoms with E-state index in [-0.39, 0.29) is 12.1 Å². The van der Waals surface area contributed by atoms with Gasteiger partial charge in [-0.15, -0.1) is 0 Å². The molecule has 13 heteroatoms. The number of piperazine rings is 1. The molecule has 0 aliphatic carbocycles. The summed E-state index contributed by atoms with van der Waals surface area (Å²) in [6, 6.07) is 6.07. The molecular weight excluding hydrogens is 490 g/mol. The first-order valence-electron chi connectivity index (χ1n) is 11.3. The highest BCUT2D eigenvalue weighted by atomic mass is 35.5. The molecule has 0 radical (unpaired) electrons. The lowest BCUT2D eigenvalue weighted by atomic mass is 10.3. The zero-order valence-corrected chi connectivity index (χ0v) is 20.0. The van der Waals surface area contributed by atoms with Gasteiger partial charge < -0.3 is 20.1 Å². The fourth-order valence-corrected chi connectivity index (χ4v) is 4.29. The van der Waals surface area contributed by atoms with Crippen molar-refractivity contribution in [2.45, 2.75) is 6.54 Å². The number of pyridine rings is 1. The Labute approximate surface area is 209 Å². The van der Waals surface area contributed by atoms with Crippen molar-refractivity contribution in [2.24, 2.45) is 0 Å². The van der Waals surface area contributed by atoms with Crippen molar-refractivity contribution in [3.63, 3.8) is 0 Å². The Morgan fingerprint density at radius 2 is 1.83 bits per heavy atom. The second kappa shape index (κ2) is 8.95. The Morgan fingerprint density at radius 1 is 1.00 bits per heavy atom. The number of halogens is 3. The maximum atomic E-state index is 14.1. The van der Waals surface area contributed by atoms with E-state index in [9.17, 15) is 8.78 Å². The minimum absolute atomic E-state index is 0.0442. The molecule has 184 valence electrons. The van der Waals surface area contributed by atoms with E-state index >= 15 is 0 Å². The highest BCUT2D eigenvalue weighted by Crippen LogP contribution is 2.26. The van der Waals surface area contributed by atoms with Crippen LogP contribution in [0.5, 0.6) is 0 Å². The molecule has 5 aromatic rings. The Bertz CT molecular complexity index is 1560. The van der Waals surface area contributed by atoms with Crippen molar-refractivity contribution >= 4 is 45.6 Å². The van der Waals surface area contributed by atoms with E-state index in [1.807, 2.05) is 10.6 Å². The number of aromatic amines is 1. The van der Waals surface area contributed by atoms with Crippen LogP contribution in [-0.2, 0) is 6.54 Å². The molecular formula is C23H21ClF2N10. The summed E-state index contributed by atoms with van der Waals surface area (Å²) in [7, 11) is 2.08. The zero-order chi connectivity index (χ0) is 24.8. The number of rotatable bonds is 5. The van der Waals surface area contributed by atoms with Crippen LogP contribution in [-0.4, -0.2) is 72.6 Å². The number of benzene rings is 1. The summed E-state index contributed by atoms with van der Waals surface area (Å²) >= 11 is 5.97. The largest absolute Gasteiger partial charge is 0.361 e. The molecule has 0 saturated carbocycles. The van der Waals surface area contributed by atoms with Crippen LogP contribution in [0.2, 0.25) is 5.15 Å². The van der Waals surface area contributed by atoms with Crippen LogP contribution in [0.25, 0.3) is 27.9 Å². The molecule has 0 atom stereocenters. The van der Waals surface area contributed by atoms with Crippen LogP contribution in [0, 0.1) is 11.6 Å². The molecule has 6 rings (SSSR count). The second-order valence-corrected chi connectivity index (χ2v) is 8.97. The van der Waals surface area contributed by atoms with E-state index in [0.29, 0.717) is 39.4 Å². The number of nitrogens with zero attached hydrogens (tertiary/aromatic N) is 8. The third-order valence-corrected chi connectivity index (χ3v) is 6.40. The molecule has 1 saturated heterocycles. The van der Waals surface area contributed by atoms with Gasteiger partial charge in [0.15, 0.2) is 28.6 Å². The fraction of sp³-hybridized carbons (Fsp3) is 0.261. The van der Waals surface area contributed by atoms with Crippen LogP contribution in [0.15, 0.2) is 36.8 Å². The Kier molecular flexibility index (Phi) is 5.61. The van der Waals surface area contributed by atoms with E-state index in [1.54, 1.807) is 18.6 Å². The monoisotopic (exact) mass is 510 g/mol. The van der Waals surface area contributed by atoms with Gasteiger partial charge in [-0.3, -0.25) is 4.57 Å². The van der Waals surface area contributed by atoms with Crippen LogP contribution >= 0.6 is 11.6 Å². The standard InChI is InChI=1S/C23H21ClF2N10/c1-34-6-8-35(9-7-34)23-32-21(28-11-17-30-15-4-3-14(25)18(26)19(15)31-17)20-22(33-23)36(12-29-20)13-2-5-16(24)27-10-13/h2-5,10,12H,6-9,11H2,1H3,(H,30,31)(H,28,32,33). The lowest BCUT2D eigenvalue weighted by Gasteiger charge is -2.32. The van der Waals surface area contributed by atoms with Crippen LogP contribution < -0.4 is 10.2 Å². The maximum absolute atomic E-state index is 14.1. The molecule has 36 heavy (non-hydrogen) atoms. The first kappa shape index (κ1) is 22.6. The highest BCUT2D eigenvalue weighted by molar-refractivity contribution is 6.29. The number of hydrogen-bond acceptors (Lipinski definition) is 8. The van der Waals surface area contributed by atoms with E-state index in [1.165, 1.54) is 6.07 Å². The molecule has 1 aliphatic heterocycles. The molecule has 0 bridgehead atoms. The number of likely N-dealkylation sites (N-methyl/N-ethyl adjacent to an activating group) is 1. The lowest BCUT2D eigenvalue weighted by molar-refractivity contribution is 0.311. The number of imidazole rings is 2. The van der Waals surface area contributed by atoms with Crippen molar-refractivity contribution < 1.29 is 8.78 Å². The Balaban J connectivity index is 1.38. The maximum Gasteiger partial charge on any atom is 0.229 e. The first-order valence-corrected chi connectivity index (χ1v) is 11.7. The number of anilines is 2. The van der Waals surface area contributed by atoms with E-state index < -0.39 is 11.6 Å². The van der Waals surface area contributed by atoms with Crippen molar-refractivity contribution in [3.8, 4) is 5.69 Å². The average molecular weight is 511 g/mol. The number of H-pyrrole nitrogens is 1.